The molecule has 0 saturated heterocycles. The zero-order valence-corrected chi connectivity index (χ0v) is 9.83. The molecule has 1 aromatic heterocycles. The number of benzene rings is 1. The molecule has 2 atom stereocenters. The van der Waals surface area contributed by atoms with Crippen LogP contribution in [0.3, 0.4) is 0 Å². The van der Waals surface area contributed by atoms with Crippen molar-refractivity contribution in [3.05, 3.63) is 65.7 Å². The first-order chi connectivity index (χ1) is 8.72. The molecule has 1 aromatic carbocycles. The second kappa shape index (κ2) is 5.71. The topological polar surface area (TPSA) is 59.1 Å². The third-order valence-electron chi connectivity index (χ3n) is 2.98. The van der Waals surface area contributed by atoms with Gasteiger partial charge >= 0.3 is 0 Å². The third-order valence-corrected chi connectivity index (χ3v) is 2.98. The zero-order chi connectivity index (χ0) is 13.0. The van der Waals surface area contributed by atoms with Gasteiger partial charge in [0.1, 0.15) is 5.82 Å². The SMILES string of the molecule is NCC(c1ccc(F)cc1)C(O)c1ccncc1. The van der Waals surface area contributed by atoms with E-state index in [9.17, 15) is 9.50 Å². The minimum atomic E-state index is -0.719. The largest absolute Gasteiger partial charge is 0.388 e. The molecule has 0 spiro atoms. The quantitative estimate of drug-likeness (QED) is 0.867. The van der Waals surface area contributed by atoms with E-state index < -0.39 is 6.10 Å². The molecule has 0 aliphatic rings. The van der Waals surface area contributed by atoms with Crippen molar-refractivity contribution in [2.75, 3.05) is 6.54 Å². The molecule has 2 rings (SSSR count). The first-order valence-corrected chi connectivity index (χ1v) is 5.76. The van der Waals surface area contributed by atoms with Gasteiger partial charge in [-0.05, 0) is 35.4 Å². The van der Waals surface area contributed by atoms with Gasteiger partial charge in [-0.3, -0.25) is 4.98 Å². The van der Waals surface area contributed by atoms with E-state index in [4.69, 9.17) is 5.73 Å². The van der Waals surface area contributed by atoms with Crippen molar-refractivity contribution in [3.8, 4) is 0 Å². The Morgan fingerprint density at radius 2 is 1.67 bits per heavy atom. The number of aliphatic hydroxyl groups excluding tert-OH is 1. The fraction of sp³-hybridized carbons (Fsp3) is 0.214. The average molecular weight is 246 g/mol. The Bertz CT molecular complexity index is 487. The lowest BCUT2D eigenvalue weighted by Gasteiger charge is -2.22. The van der Waals surface area contributed by atoms with Crippen LogP contribution in [0.25, 0.3) is 0 Å². The number of nitrogens with zero attached hydrogens (tertiary/aromatic N) is 1. The average Bonchev–Trinajstić information content (AvgIpc) is 2.42. The maximum Gasteiger partial charge on any atom is 0.123 e. The first-order valence-electron chi connectivity index (χ1n) is 5.76. The minimum Gasteiger partial charge on any atom is -0.388 e. The summed E-state index contributed by atoms with van der Waals surface area (Å²) in [5.74, 6) is -0.555. The summed E-state index contributed by atoms with van der Waals surface area (Å²) in [5.41, 5.74) is 7.29. The van der Waals surface area contributed by atoms with Crippen LogP contribution in [0.5, 0.6) is 0 Å². The lowest BCUT2D eigenvalue weighted by atomic mass is 9.89. The van der Waals surface area contributed by atoms with Gasteiger partial charge in [-0.2, -0.15) is 0 Å². The van der Waals surface area contributed by atoms with Crippen molar-refractivity contribution in [1.29, 1.82) is 0 Å². The second-order valence-corrected chi connectivity index (χ2v) is 4.12. The van der Waals surface area contributed by atoms with E-state index in [2.05, 4.69) is 4.98 Å². The normalized spacial score (nSPS) is 14.2. The van der Waals surface area contributed by atoms with E-state index in [0.29, 0.717) is 0 Å². The third kappa shape index (κ3) is 2.72. The highest BCUT2D eigenvalue weighted by molar-refractivity contribution is 5.26. The number of rotatable bonds is 4. The highest BCUT2D eigenvalue weighted by Crippen LogP contribution is 2.29. The fourth-order valence-corrected chi connectivity index (χ4v) is 1.95. The van der Waals surface area contributed by atoms with Crippen molar-refractivity contribution >= 4 is 0 Å². The predicted octanol–water partition coefficient (Wildman–Crippen LogP) is 2.00. The fourth-order valence-electron chi connectivity index (χ4n) is 1.95. The van der Waals surface area contributed by atoms with Crippen LogP contribution in [0.2, 0.25) is 0 Å². The molecule has 0 aliphatic heterocycles. The van der Waals surface area contributed by atoms with Crippen LogP contribution in [-0.4, -0.2) is 16.6 Å². The van der Waals surface area contributed by atoms with Gasteiger partial charge in [0, 0.05) is 24.9 Å². The Kier molecular flexibility index (Phi) is 4.02. The van der Waals surface area contributed by atoms with Gasteiger partial charge < -0.3 is 10.8 Å². The van der Waals surface area contributed by atoms with Crippen LogP contribution < -0.4 is 5.73 Å². The van der Waals surface area contributed by atoms with Crippen molar-refractivity contribution in [3.63, 3.8) is 0 Å². The summed E-state index contributed by atoms with van der Waals surface area (Å²) >= 11 is 0. The van der Waals surface area contributed by atoms with Gasteiger partial charge in [0.05, 0.1) is 6.10 Å². The number of aromatic nitrogens is 1. The molecule has 18 heavy (non-hydrogen) atoms. The highest BCUT2D eigenvalue weighted by atomic mass is 19.1. The molecular weight excluding hydrogens is 231 g/mol. The van der Waals surface area contributed by atoms with Crippen LogP contribution in [0.1, 0.15) is 23.1 Å². The molecule has 0 saturated carbocycles. The summed E-state index contributed by atoms with van der Waals surface area (Å²) in [6.07, 6.45) is 2.52. The summed E-state index contributed by atoms with van der Waals surface area (Å²) in [7, 11) is 0. The Balaban J connectivity index is 2.26. The molecule has 0 radical (unpaired) electrons. The maximum atomic E-state index is 12.9. The first kappa shape index (κ1) is 12.7. The van der Waals surface area contributed by atoms with Crippen LogP contribution in [0.4, 0.5) is 4.39 Å². The summed E-state index contributed by atoms with van der Waals surface area (Å²) in [5, 5.41) is 10.3. The molecule has 3 N–H and O–H groups in total. The van der Waals surface area contributed by atoms with Gasteiger partial charge in [0.15, 0.2) is 0 Å². The molecule has 0 bridgehead atoms. The van der Waals surface area contributed by atoms with E-state index in [1.165, 1.54) is 12.1 Å². The van der Waals surface area contributed by atoms with Gasteiger partial charge in [-0.25, -0.2) is 4.39 Å². The Morgan fingerprint density at radius 3 is 2.22 bits per heavy atom. The Morgan fingerprint density at radius 1 is 1.06 bits per heavy atom. The Labute approximate surface area is 105 Å². The molecule has 0 amide bonds. The number of pyridine rings is 1. The molecule has 4 heteroatoms. The minimum absolute atomic E-state index is 0.256. The van der Waals surface area contributed by atoms with Crippen molar-refractivity contribution in [1.82, 2.24) is 4.98 Å². The van der Waals surface area contributed by atoms with Crippen molar-refractivity contribution in [2.24, 2.45) is 5.73 Å². The van der Waals surface area contributed by atoms with E-state index in [0.717, 1.165) is 11.1 Å². The molecule has 94 valence electrons. The summed E-state index contributed by atoms with van der Waals surface area (Å²) in [4.78, 5) is 3.91. The smallest absolute Gasteiger partial charge is 0.123 e. The molecule has 0 fully saturated rings. The molecule has 2 unspecified atom stereocenters. The van der Waals surface area contributed by atoms with Gasteiger partial charge in [0.2, 0.25) is 0 Å². The standard InChI is InChI=1S/C14H15FN2O/c15-12-3-1-10(2-4-12)13(9-16)14(18)11-5-7-17-8-6-11/h1-8,13-14,18H,9,16H2. The number of hydrogen-bond acceptors (Lipinski definition) is 3. The van der Waals surface area contributed by atoms with Crippen molar-refractivity contribution < 1.29 is 9.50 Å². The number of hydrogen-bond donors (Lipinski definition) is 2. The summed E-state index contributed by atoms with van der Waals surface area (Å²) in [6.45, 7) is 0.287. The van der Waals surface area contributed by atoms with Gasteiger partial charge in [-0.15, -0.1) is 0 Å². The van der Waals surface area contributed by atoms with E-state index in [1.54, 1.807) is 36.7 Å². The lowest BCUT2D eigenvalue weighted by Crippen LogP contribution is -2.20. The number of halogens is 1. The summed E-state index contributed by atoms with van der Waals surface area (Å²) < 4.78 is 12.9. The number of aliphatic hydroxyl groups is 1. The summed E-state index contributed by atoms with van der Waals surface area (Å²) in [6, 6.07) is 9.54. The molecular formula is C14H15FN2O. The molecule has 3 nitrogen and oxygen atoms in total. The van der Waals surface area contributed by atoms with Crippen LogP contribution in [0.15, 0.2) is 48.8 Å². The van der Waals surface area contributed by atoms with Gasteiger partial charge in [-0.1, -0.05) is 12.1 Å². The molecule has 0 aliphatic carbocycles. The maximum absolute atomic E-state index is 12.9. The molecule has 2 aromatic rings. The van der Waals surface area contributed by atoms with E-state index in [-0.39, 0.29) is 18.3 Å². The highest BCUT2D eigenvalue weighted by Gasteiger charge is 2.21. The predicted molar refractivity (Wildman–Crippen MR) is 67.4 cm³/mol. The van der Waals surface area contributed by atoms with Gasteiger partial charge in [0.25, 0.3) is 0 Å². The van der Waals surface area contributed by atoms with E-state index >= 15 is 0 Å². The second-order valence-electron chi connectivity index (χ2n) is 4.12. The Hall–Kier alpha value is -1.78. The number of nitrogens with two attached hydrogens (primary N) is 1. The van der Waals surface area contributed by atoms with Crippen LogP contribution >= 0.6 is 0 Å². The lowest BCUT2D eigenvalue weighted by molar-refractivity contribution is 0.147. The molecule has 1 heterocycles. The van der Waals surface area contributed by atoms with Crippen LogP contribution in [-0.2, 0) is 0 Å². The monoisotopic (exact) mass is 246 g/mol. The van der Waals surface area contributed by atoms with Crippen molar-refractivity contribution in [2.45, 2.75) is 12.0 Å². The zero-order valence-electron chi connectivity index (χ0n) is 9.83. The van der Waals surface area contributed by atoms with Crippen LogP contribution in [0, 0.1) is 5.82 Å². The van der Waals surface area contributed by atoms with E-state index in [1.807, 2.05) is 0 Å².